The number of nitrogens with zero attached hydrogens (tertiary/aromatic N) is 3. The van der Waals surface area contributed by atoms with E-state index in [1.165, 1.54) is 0 Å². The maximum atomic E-state index is 12.4. The van der Waals surface area contributed by atoms with Gasteiger partial charge in [0.05, 0.1) is 0 Å². The highest BCUT2D eigenvalue weighted by molar-refractivity contribution is 6.30. The van der Waals surface area contributed by atoms with Crippen LogP contribution in [-0.2, 0) is 6.42 Å². The number of carbonyl (C=O) groups excluding carboxylic acids is 1. The quantitative estimate of drug-likeness (QED) is 0.832. The molecule has 2 rings (SSSR count). The van der Waals surface area contributed by atoms with Crippen molar-refractivity contribution in [2.24, 2.45) is 0 Å². The summed E-state index contributed by atoms with van der Waals surface area (Å²) in [5.74, 6) is 0.413. The molecule has 0 atom stereocenters. The Morgan fingerprint density at radius 3 is 2.62 bits per heavy atom. The lowest BCUT2D eigenvalue weighted by molar-refractivity contribution is 0.0767. The van der Waals surface area contributed by atoms with Crippen LogP contribution in [-0.4, -0.2) is 40.4 Å². The van der Waals surface area contributed by atoms with Crippen LogP contribution < -0.4 is 5.32 Å². The molecule has 0 saturated carbocycles. The van der Waals surface area contributed by atoms with E-state index in [1.807, 2.05) is 45.0 Å². The van der Waals surface area contributed by atoms with Crippen molar-refractivity contribution in [2.75, 3.05) is 25.0 Å². The molecule has 0 radical (unpaired) electrons. The summed E-state index contributed by atoms with van der Waals surface area (Å²) in [6.45, 7) is 7.77. The lowest BCUT2D eigenvalue weighted by Crippen LogP contribution is -2.31. The summed E-state index contributed by atoms with van der Waals surface area (Å²) in [6.07, 6.45) is 0.803. The third kappa shape index (κ3) is 4.93. The second kappa shape index (κ2) is 8.64. The van der Waals surface area contributed by atoms with Gasteiger partial charge in [-0.3, -0.25) is 4.79 Å². The van der Waals surface area contributed by atoms with Crippen molar-refractivity contribution in [1.82, 2.24) is 14.9 Å². The lowest BCUT2D eigenvalue weighted by Gasteiger charge is -2.18. The van der Waals surface area contributed by atoms with E-state index >= 15 is 0 Å². The van der Waals surface area contributed by atoms with Crippen LogP contribution in [0.15, 0.2) is 30.3 Å². The standard InChI is InChI=1S/C18H23ClN4O/c1-4-23(5-2)17(24)16-11-13(3)21-18(22-16)20-10-9-14-7-6-8-15(19)12-14/h6-8,11-12H,4-5,9-10H2,1-3H3,(H,20,21,22). The predicted octanol–water partition coefficient (Wildman–Crippen LogP) is 3.58. The molecule has 0 aliphatic carbocycles. The first-order valence-corrected chi connectivity index (χ1v) is 8.54. The largest absolute Gasteiger partial charge is 0.354 e. The molecule has 24 heavy (non-hydrogen) atoms. The summed E-state index contributed by atoms with van der Waals surface area (Å²) < 4.78 is 0. The molecule has 0 unspecified atom stereocenters. The van der Waals surface area contributed by atoms with Crippen LogP contribution in [0.5, 0.6) is 0 Å². The Labute approximate surface area is 148 Å². The van der Waals surface area contributed by atoms with Gasteiger partial charge in [0, 0.05) is 30.4 Å². The van der Waals surface area contributed by atoms with Gasteiger partial charge in [-0.1, -0.05) is 23.7 Å². The summed E-state index contributed by atoms with van der Waals surface area (Å²) in [7, 11) is 0. The van der Waals surface area contributed by atoms with Crippen LogP contribution in [0.3, 0.4) is 0 Å². The lowest BCUT2D eigenvalue weighted by atomic mass is 10.1. The van der Waals surface area contributed by atoms with Crippen molar-refractivity contribution in [1.29, 1.82) is 0 Å². The number of anilines is 1. The van der Waals surface area contributed by atoms with Crippen molar-refractivity contribution in [2.45, 2.75) is 27.2 Å². The molecular weight excluding hydrogens is 324 g/mol. The number of hydrogen-bond acceptors (Lipinski definition) is 4. The third-order valence-electron chi connectivity index (χ3n) is 3.71. The van der Waals surface area contributed by atoms with Gasteiger partial charge in [0.1, 0.15) is 5.69 Å². The molecule has 6 heteroatoms. The molecule has 1 aromatic heterocycles. The second-order valence-electron chi connectivity index (χ2n) is 5.50. The number of aromatic nitrogens is 2. The molecule has 1 aromatic carbocycles. The second-order valence-corrected chi connectivity index (χ2v) is 5.94. The molecule has 0 fully saturated rings. The van der Waals surface area contributed by atoms with E-state index < -0.39 is 0 Å². The minimum atomic E-state index is -0.0663. The first kappa shape index (κ1) is 18.2. The number of amides is 1. The Bertz CT molecular complexity index is 701. The average molecular weight is 347 g/mol. The molecule has 0 bridgehead atoms. The number of aryl methyl sites for hydroxylation is 1. The summed E-state index contributed by atoms with van der Waals surface area (Å²) in [6, 6.07) is 9.48. The van der Waals surface area contributed by atoms with Crippen molar-refractivity contribution < 1.29 is 4.79 Å². The van der Waals surface area contributed by atoms with Crippen LogP contribution >= 0.6 is 11.6 Å². The minimum absolute atomic E-state index is 0.0663. The Kier molecular flexibility index (Phi) is 6.55. The van der Waals surface area contributed by atoms with Gasteiger partial charge in [0.15, 0.2) is 0 Å². The zero-order valence-corrected chi connectivity index (χ0v) is 15.1. The van der Waals surface area contributed by atoms with Gasteiger partial charge in [-0.15, -0.1) is 0 Å². The fourth-order valence-electron chi connectivity index (χ4n) is 2.44. The van der Waals surface area contributed by atoms with Crippen LogP contribution in [0.2, 0.25) is 5.02 Å². The number of rotatable bonds is 7. The van der Waals surface area contributed by atoms with Crippen LogP contribution in [0.4, 0.5) is 5.95 Å². The van der Waals surface area contributed by atoms with Crippen molar-refractivity contribution in [3.8, 4) is 0 Å². The fourth-order valence-corrected chi connectivity index (χ4v) is 2.65. The molecule has 0 aliphatic heterocycles. The van der Waals surface area contributed by atoms with Gasteiger partial charge in [0.25, 0.3) is 5.91 Å². The molecule has 2 aromatic rings. The SMILES string of the molecule is CCN(CC)C(=O)c1cc(C)nc(NCCc2cccc(Cl)c2)n1. The van der Waals surface area contributed by atoms with E-state index in [1.54, 1.807) is 11.0 Å². The highest BCUT2D eigenvalue weighted by Gasteiger charge is 2.15. The topological polar surface area (TPSA) is 58.1 Å². The van der Waals surface area contributed by atoms with E-state index in [4.69, 9.17) is 11.6 Å². The third-order valence-corrected chi connectivity index (χ3v) is 3.94. The van der Waals surface area contributed by atoms with Crippen LogP contribution in [0.1, 0.15) is 35.6 Å². The summed E-state index contributed by atoms with van der Waals surface area (Å²) in [4.78, 5) is 22.9. The molecule has 1 heterocycles. The van der Waals surface area contributed by atoms with Crippen LogP contribution in [0.25, 0.3) is 0 Å². The van der Waals surface area contributed by atoms with Gasteiger partial charge in [-0.2, -0.15) is 0 Å². The van der Waals surface area contributed by atoms with E-state index in [0.29, 0.717) is 31.3 Å². The van der Waals surface area contributed by atoms with Gasteiger partial charge >= 0.3 is 0 Å². The molecule has 0 aliphatic rings. The van der Waals surface area contributed by atoms with Gasteiger partial charge in [-0.25, -0.2) is 9.97 Å². The Morgan fingerprint density at radius 2 is 1.96 bits per heavy atom. The number of halogens is 1. The van der Waals surface area contributed by atoms with Crippen molar-refractivity contribution in [3.63, 3.8) is 0 Å². The van der Waals surface area contributed by atoms with Gasteiger partial charge < -0.3 is 10.2 Å². The molecule has 0 spiro atoms. The van der Waals surface area contributed by atoms with E-state index in [-0.39, 0.29) is 5.91 Å². The smallest absolute Gasteiger partial charge is 0.272 e. The predicted molar refractivity (Wildman–Crippen MR) is 97.7 cm³/mol. The molecule has 5 nitrogen and oxygen atoms in total. The summed E-state index contributed by atoms with van der Waals surface area (Å²) >= 11 is 5.99. The Hall–Kier alpha value is -2.14. The molecular formula is C18H23ClN4O. The van der Waals surface area contributed by atoms with Crippen molar-refractivity contribution in [3.05, 3.63) is 52.3 Å². The number of hydrogen-bond donors (Lipinski definition) is 1. The van der Waals surface area contributed by atoms with E-state index in [2.05, 4.69) is 15.3 Å². The Morgan fingerprint density at radius 1 is 1.21 bits per heavy atom. The van der Waals surface area contributed by atoms with Gasteiger partial charge in [-0.05, 0) is 51.0 Å². The average Bonchev–Trinajstić information content (AvgIpc) is 2.55. The number of carbonyl (C=O) groups is 1. The fraction of sp³-hybridized carbons (Fsp3) is 0.389. The molecule has 0 saturated heterocycles. The number of nitrogens with one attached hydrogen (secondary N) is 1. The summed E-state index contributed by atoms with van der Waals surface area (Å²) in [5.41, 5.74) is 2.34. The normalized spacial score (nSPS) is 10.5. The maximum absolute atomic E-state index is 12.4. The highest BCUT2D eigenvalue weighted by Crippen LogP contribution is 2.12. The molecule has 128 valence electrons. The minimum Gasteiger partial charge on any atom is -0.354 e. The monoisotopic (exact) mass is 346 g/mol. The molecule has 1 N–H and O–H groups in total. The molecule has 1 amide bonds. The summed E-state index contributed by atoms with van der Waals surface area (Å²) in [5, 5.41) is 3.92. The van der Waals surface area contributed by atoms with Gasteiger partial charge in [0.2, 0.25) is 5.95 Å². The zero-order valence-electron chi connectivity index (χ0n) is 14.3. The van der Waals surface area contributed by atoms with E-state index in [0.717, 1.165) is 22.7 Å². The first-order valence-electron chi connectivity index (χ1n) is 8.16. The van der Waals surface area contributed by atoms with E-state index in [9.17, 15) is 4.79 Å². The van der Waals surface area contributed by atoms with Crippen molar-refractivity contribution >= 4 is 23.5 Å². The number of benzene rings is 1. The zero-order chi connectivity index (χ0) is 17.5. The maximum Gasteiger partial charge on any atom is 0.272 e. The Balaban J connectivity index is 2.04. The first-order chi connectivity index (χ1) is 11.5. The van der Waals surface area contributed by atoms with Crippen LogP contribution in [0, 0.1) is 6.92 Å². The highest BCUT2D eigenvalue weighted by atomic mass is 35.5.